The predicted octanol–water partition coefficient (Wildman–Crippen LogP) is 1.05. The first kappa shape index (κ1) is 9.49. The number of carbonyl (C=O) groups excluding carboxylic acids is 1. The zero-order valence-corrected chi connectivity index (χ0v) is 8.62. The summed E-state index contributed by atoms with van der Waals surface area (Å²) < 4.78 is 5.44. The Morgan fingerprint density at radius 2 is 2.29 bits per heavy atom. The SMILES string of the molecule is CC1CCC2(OC(N)=NC2=O)C(C)C1. The summed E-state index contributed by atoms with van der Waals surface area (Å²) in [7, 11) is 0. The van der Waals surface area contributed by atoms with Crippen molar-refractivity contribution in [3.8, 4) is 0 Å². The van der Waals surface area contributed by atoms with Crippen molar-refractivity contribution in [2.24, 2.45) is 22.6 Å². The molecule has 0 saturated heterocycles. The van der Waals surface area contributed by atoms with E-state index >= 15 is 0 Å². The average molecular weight is 196 g/mol. The van der Waals surface area contributed by atoms with Crippen LogP contribution in [-0.4, -0.2) is 17.5 Å². The number of hydrogen-bond donors (Lipinski definition) is 1. The van der Waals surface area contributed by atoms with Crippen LogP contribution in [0, 0.1) is 11.8 Å². The summed E-state index contributed by atoms with van der Waals surface area (Å²) in [5.41, 5.74) is 4.71. The van der Waals surface area contributed by atoms with Gasteiger partial charge in [0.05, 0.1) is 0 Å². The molecule has 1 spiro atoms. The van der Waals surface area contributed by atoms with Gasteiger partial charge in [-0.05, 0) is 25.2 Å². The van der Waals surface area contributed by atoms with Gasteiger partial charge in [0.2, 0.25) is 0 Å². The molecule has 1 aliphatic heterocycles. The van der Waals surface area contributed by atoms with E-state index in [1.807, 2.05) is 6.92 Å². The van der Waals surface area contributed by atoms with E-state index in [0.29, 0.717) is 5.92 Å². The molecule has 1 heterocycles. The number of carbonyl (C=O) groups is 1. The fourth-order valence-electron chi connectivity index (χ4n) is 2.54. The van der Waals surface area contributed by atoms with Crippen molar-refractivity contribution >= 4 is 11.9 Å². The molecule has 3 unspecified atom stereocenters. The molecular formula is C10H16N2O2. The molecule has 1 saturated carbocycles. The summed E-state index contributed by atoms with van der Waals surface area (Å²) in [4.78, 5) is 15.4. The van der Waals surface area contributed by atoms with Crippen LogP contribution in [0.25, 0.3) is 0 Å². The van der Waals surface area contributed by atoms with Crippen LogP contribution in [0.4, 0.5) is 0 Å². The van der Waals surface area contributed by atoms with Crippen LogP contribution in [0.1, 0.15) is 33.1 Å². The van der Waals surface area contributed by atoms with E-state index in [9.17, 15) is 4.79 Å². The molecule has 3 atom stereocenters. The van der Waals surface area contributed by atoms with Gasteiger partial charge >= 0.3 is 0 Å². The van der Waals surface area contributed by atoms with E-state index in [4.69, 9.17) is 10.5 Å². The van der Waals surface area contributed by atoms with Gasteiger partial charge < -0.3 is 10.5 Å². The smallest absolute Gasteiger partial charge is 0.294 e. The third-order valence-corrected chi connectivity index (χ3v) is 3.42. The number of ether oxygens (including phenoxy) is 1. The molecule has 2 rings (SSSR count). The van der Waals surface area contributed by atoms with Gasteiger partial charge in [-0.2, -0.15) is 4.99 Å². The van der Waals surface area contributed by atoms with E-state index in [0.717, 1.165) is 19.3 Å². The Hall–Kier alpha value is -1.06. The molecule has 1 amide bonds. The number of hydrogen-bond acceptors (Lipinski definition) is 3. The van der Waals surface area contributed by atoms with E-state index in [1.165, 1.54) is 0 Å². The van der Waals surface area contributed by atoms with Crippen molar-refractivity contribution in [1.82, 2.24) is 0 Å². The van der Waals surface area contributed by atoms with Crippen LogP contribution in [0.5, 0.6) is 0 Å². The third-order valence-electron chi connectivity index (χ3n) is 3.42. The van der Waals surface area contributed by atoms with Crippen LogP contribution in [0.2, 0.25) is 0 Å². The molecule has 78 valence electrons. The van der Waals surface area contributed by atoms with Crippen molar-refractivity contribution in [3.05, 3.63) is 0 Å². The first-order valence-electron chi connectivity index (χ1n) is 5.12. The van der Waals surface area contributed by atoms with Crippen molar-refractivity contribution in [2.45, 2.75) is 38.7 Å². The van der Waals surface area contributed by atoms with Gasteiger partial charge in [0.15, 0.2) is 5.60 Å². The molecule has 0 aromatic carbocycles. The zero-order chi connectivity index (χ0) is 10.3. The summed E-state index contributed by atoms with van der Waals surface area (Å²) >= 11 is 0. The Morgan fingerprint density at radius 1 is 1.57 bits per heavy atom. The van der Waals surface area contributed by atoms with E-state index in [-0.39, 0.29) is 17.8 Å². The monoisotopic (exact) mass is 196 g/mol. The van der Waals surface area contributed by atoms with Gasteiger partial charge in [-0.25, -0.2) is 0 Å². The summed E-state index contributed by atoms with van der Waals surface area (Å²) in [6.45, 7) is 4.24. The summed E-state index contributed by atoms with van der Waals surface area (Å²) in [5.74, 6) is 0.687. The van der Waals surface area contributed by atoms with Gasteiger partial charge in [-0.15, -0.1) is 0 Å². The highest BCUT2D eigenvalue weighted by Gasteiger charge is 2.52. The third kappa shape index (κ3) is 1.21. The molecule has 14 heavy (non-hydrogen) atoms. The first-order chi connectivity index (χ1) is 6.54. The Morgan fingerprint density at radius 3 is 2.79 bits per heavy atom. The van der Waals surface area contributed by atoms with E-state index in [1.54, 1.807) is 0 Å². The van der Waals surface area contributed by atoms with Crippen LogP contribution in [0.3, 0.4) is 0 Å². The standard InChI is InChI=1S/C10H16N2O2/c1-6-3-4-10(7(2)5-6)8(13)12-9(11)14-10/h6-7H,3-5H2,1-2H3,(H2,11,12,13). The van der Waals surface area contributed by atoms with E-state index < -0.39 is 5.60 Å². The van der Waals surface area contributed by atoms with Crippen LogP contribution < -0.4 is 5.73 Å². The molecule has 2 aliphatic rings. The minimum atomic E-state index is -0.726. The first-order valence-corrected chi connectivity index (χ1v) is 5.12. The number of rotatable bonds is 0. The van der Waals surface area contributed by atoms with Gasteiger partial charge in [-0.1, -0.05) is 13.8 Å². The molecule has 1 fully saturated rings. The van der Waals surface area contributed by atoms with Crippen molar-refractivity contribution in [2.75, 3.05) is 0 Å². The number of aliphatic imine (C=N–C) groups is 1. The fourth-order valence-corrected chi connectivity index (χ4v) is 2.54. The maximum Gasteiger partial charge on any atom is 0.294 e. The van der Waals surface area contributed by atoms with Gasteiger partial charge in [0, 0.05) is 5.92 Å². The van der Waals surface area contributed by atoms with Crippen LogP contribution >= 0.6 is 0 Å². The largest absolute Gasteiger partial charge is 0.448 e. The highest BCUT2D eigenvalue weighted by atomic mass is 16.5. The molecule has 4 nitrogen and oxygen atoms in total. The molecule has 0 aromatic rings. The second-order valence-electron chi connectivity index (χ2n) is 4.53. The second-order valence-corrected chi connectivity index (χ2v) is 4.53. The highest BCUT2D eigenvalue weighted by molar-refractivity contribution is 6.01. The van der Waals surface area contributed by atoms with Crippen molar-refractivity contribution in [3.63, 3.8) is 0 Å². The van der Waals surface area contributed by atoms with Crippen LogP contribution in [0.15, 0.2) is 4.99 Å². The second kappa shape index (κ2) is 2.97. The van der Waals surface area contributed by atoms with Gasteiger partial charge in [0.1, 0.15) is 0 Å². The lowest BCUT2D eigenvalue weighted by atomic mass is 9.72. The quantitative estimate of drug-likeness (QED) is 0.630. The topological polar surface area (TPSA) is 64.7 Å². The minimum absolute atomic E-state index is 0.0383. The summed E-state index contributed by atoms with van der Waals surface area (Å²) in [5, 5.41) is 0. The highest BCUT2D eigenvalue weighted by Crippen LogP contribution is 2.42. The van der Waals surface area contributed by atoms with Gasteiger partial charge in [0.25, 0.3) is 11.9 Å². The zero-order valence-electron chi connectivity index (χ0n) is 8.62. The Labute approximate surface area is 83.5 Å². The lowest BCUT2D eigenvalue weighted by molar-refractivity contribution is -0.139. The molecule has 0 radical (unpaired) electrons. The Kier molecular flexibility index (Phi) is 2.01. The van der Waals surface area contributed by atoms with Crippen LogP contribution in [-0.2, 0) is 9.53 Å². The normalized spacial score (nSPS) is 42.4. The molecule has 0 aromatic heterocycles. The number of nitrogens with two attached hydrogens (primary N) is 1. The number of nitrogens with zero attached hydrogens (tertiary/aromatic N) is 1. The molecular weight excluding hydrogens is 180 g/mol. The lowest BCUT2D eigenvalue weighted by Crippen LogP contribution is -2.47. The molecule has 0 bridgehead atoms. The maximum atomic E-state index is 11.7. The minimum Gasteiger partial charge on any atom is -0.448 e. The predicted molar refractivity (Wildman–Crippen MR) is 52.6 cm³/mol. The number of amides is 1. The Bertz CT molecular complexity index is 300. The fraction of sp³-hybridized carbons (Fsp3) is 0.800. The summed E-state index contributed by atoms with van der Waals surface area (Å²) in [6.07, 6.45) is 2.77. The Balaban J connectivity index is 2.22. The molecule has 1 aliphatic carbocycles. The van der Waals surface area contributed by atoms with Crippen molar-refractivity contribution < 1.29 is 9.53 Å². The molecule has 4 heteroatoms. The molecule has 2 N–H and O–H groups in total. The van der Waals surface area contributed by atoms with Crippen molar-refractivity contribution in [1.29, 1.82) is 0 Å². The number of amidine groups is 1. The van der Waals surface area contributed by atoms with Gasteiger partial charge in [-0.3, -0.25) is 4.79 Å². The maximum absolute atomic E-state index is 11.7. The summed E-state index contributed by atoms with van der Waals surface area (Å²) in [6, 6.07) is 0.0383. The van der Waals surface area contributed by atoms with E-state index in [2.05, 4.69) is 11.9 Å². The average Bonchev–Trinajstić information content (AvgIpc) is 2.37. The lowest BCUT2D eigenvalue weighted by Gasteiger charge is -2.38.